The number of hydrogen-bond acceptors (Lipinski definition) is 4. The van der Waals surface area contributed by atoms with Crippen LogP contribution in [-0.2, 0) is 4.79 Å². The molecule has 1 aromatic rings. The van der Waals surface area contributed by atoms with Crippen molar-refractivity contribution in [3.8, 4) is 0 Å². The first-order valence-corrected chi connectivity index (χ1v) is 6.29. The van der Waals surface area contributed by atoms with Crippen molar-refractivity contribution in [1.29, 1.82) is 0 Å². The number of rotatable bonds is 6. The quantitative estimate of drug-likeness (QED) is 0.708. The Hall–Kier alpha value is -1.59. The van der Waals surface area contributed by atoms with Gasteiger partial charge < -0.3 is 20.4 Å². The van der Waals surface area contributed by atoms with Gasteiger partial charge in [-0.2, -0.15) is 0 Å². The number of aliphatic hydroxyl groups excluding tert-OH is 2. The van der Waals surface area contributed by atoms with Gasteiger partial charge in [-0.15, -0.1) is 0 Å². The first-order chi connectivity index (χ1) is 8.91. The Morgan fingerprint density at radius 1 is 1.26 bits per heavy atom. The predicted octanol–water partition coefficient (Wildman–Crippen LogP) is 0.673. The fourth-order valence-electron chi connectivity index (χ4n) is 1.75. The van der Waals surface area contributed by atoms with Gasteiger partial charge in [-0.25, -0.2) is 0 Å². The number of amides is 1. The molecule has 0 saturated heterocycles. The van der Waals surface area contributed by atoms with Crippen LogP contribution in [0.1, 0.15) is 25.0 Å². The molecule has 0 radical (unpaired) electrons. The summed E-state index contributed by atoms with van der Waals surface area (Å²) in [5.74, 6) is -0.142. The molecule has 0 heterocycles. The van der Waals surface area contributed by atoms with E-state index in [2.05, 4.69) is 5.32 Å². The maximum atomic E-state index is 10.7. The Kier molecular flexibility index (Phi) is 5.79. The molecular weight excluding hydrogens is 244 g/mol. The van der Waals surface area contributed by atoms with Crippen molar-refractivity contribution in [2.45, 2.75) is 25.6 Å². The first-order valence-electron chi connectivity index (χ1n) is 6.29. The van der Waals surface area contributed by atoms with Crippen molar-refractivity contribution in [3.63, 3.8) is 0 Å². The smallest absolute Gasteiger partial charge is 0.216 e. The van der Waals surface area contributed by atoms with Gasteiger partial charge in [0.25, 0.3) is 0 Å². The molecule has 1 amide bonds. The van der Waals surface area contributed by atoms with Gasteiger partial charge >= 0.3 is 0 Å². The molecule has 0 aliphatic carbocycles. The SMILES string of the molecule is CC(=O)NCCC(O)C(O)c1ccc(N(C)C)cc1. The fraction of sp³-hybridized carbons (Fsp3) is 0.500. The lowest BCUT2D eigenvalue weighted by atomic mass is 10.0. The van der Waals surface area contributed by atoms with E-state index in [1.807, 2.05) is 31.1 Å². The number of hydrogen-bond donors (Lipinski definition) is 3. The van der Waals surface area contributed by atoms with Gasteiger partial charge in [0, 0.05) is 33.3 Å². The molecule has 106 valence electrons. The second-order valence-corrected chi connectivity index (χ2v) is 4.77. The Morgan fingerprint density at radius 3 is 2.32 bits per heavy atom. The summed E-state index contributed by atoms with van der Waals surface area (Å²) < 4.78 is 0. The normalized spacial score (nSPS) is 13.7. The molecule has 0 fully saturated rings. The standard InChI is InChI=1S/C14H22N2O3/c1-10(17)15-9-8-13(18)14(19)11-4-6-12(7-5-11)16(2)3/h4-7,13-14,18-19H,8-9H2,1-3H3,(H,15,17). The summed E-state index contributed by atoms with van der Waals surface area (Å²) in [5.41, 5.74) is 1.70. The van der Waals surface area contributed by atoms with Crippen molar-refractivity contribution in [2.75, 3.05) is 25.5 Å². The third kappa shape index (κ3) is 4.89. The minimum Gasteiger partial charge on any atom is -0.390 e. The molecule has 2 unspecified atom stereocenters. The number of nitrogens with one attached hydrogen (secondary N) is 1. The summed E-state index contributed by atoms with van der Waals surface area (Å²) in [4.78, 5) is 12.7. The maximum Gasteiger partial charge on any atom is 0.216 e. The zero-order valence-corrected chi connectivity index (χ0v) is 11.6. The van der Waals surface area contributed by atoms with Crippen molar-refractivity contribution >= 4 is 11.6 Å². The average molecular weight is 266 g/mol. The van der Waals surface area contributed by atoms with Crippen LogP contribution in [0.5, 0.6) is 0 Å². The summed E-state index contributed by atoms with van der Waals surface area (Å²) in [6, 6.07) is 7.36. The molecule has 1 rings (SSSR count). The number of benzene rings is 1. The molecule has 5 heteroatoms. The highest BCUT2D eigenvalue weighted by molar-refractivity contribution is 5.72. The highest BCUT2D eigenvalue weighted by Gasteiger charge is 2.18. The molecule has 3 N–H and O–H groups in total. The zero-order chi connectivity index (χ0) is 14.4. The Morgan fingerprint density at radius 2 is 1.84 bits per heavy atom. The molecule has 2 atom stereocenters. The van der Waals surface area contributed by atoms with Gasteiger partial charge in [0.2, 0.25) is 5.91 Å². The molecule has 0 aliphatic heterocycles. The van der Waals surface area contributed by atoms with E-state index in [4.69, 9.17) is 0 Å². The van der Waals surface area contributed by atoms with E-state index in [9.17, 15) is 15.0 Å². The van der Waals surface area contributed by atoms with E-state index in [1.54, 1.807) is 12.1 Å². The van der Waals surface area contributed by atoms with Crippen LogP contribution < -0.4 is 10.2 Å². The van der Waals surface area contributed by atoms with Crippen LogP contribution in [0.2, 0.25) is 0 Å². The van der Waals surface area contributed by atoms with Crippen LogP contribution in [0.3, 0.4) is 0 Å². The van der Waals surface area contributed by atoms with Crippen LogP contribution in [0.15, 0.2) is 24.3 Å². The van der Waals surface area contributed by atoms with E-state index < -0.39 is 12.2 Å². The second kappa shape index (κ2) is 7.11. The van der Waals surface area contributed by atoms with Crippen LogP contribution in [0.25, 0.3) is 0 Å². The molecule has 1 aromatic carbocycles. The van der Waals surface area contributed by atoms with Gasteiger partial charge in [0.15, 0.2) is 0 Å². The Bertz CT molecular complexity index is 404. The molecule has 0 aliphatic rings. The number of carbonyl (C=O) groups is 1. The highest BCUT2D eigenvalue weighted by Crippen LogP contribution is 2.21. The Labute approximate surface area is 113 Å². The van der Waals surface area contributed by atoms with E-state index >= 15 is 0 Å². The lowest BCUT2D eigenvalue weighted by molar-refractivity contribution is -0.119. The topological polar surface area (TPSA) is 72.8 Å². The Balaban J connectivity index is 2.56. The molecule has 0 aromatic heterocycles. The van der Waals surface area contributed by atoms with E-state index in [0.29, 0.717) is 18.5 Å². The predicted molar refractivity (Wildman–Crippen MR) is 75.0 cm³/mol. The molecule has 0 saturated carbocycles. The van der Waals surface area contributed by atoms with Crippen LogP contribution in [0.4, 0.5) is 5.69 Å². The summed E-state index contributed by atoms with van der Waals surface area (Å²) in [6.07, 6.45) is -1.52. The molecule has 0 spiro atoms. The van der Waals surface area contributed by atoms with Crippen molar-refractivity contribution in [3.05, 3.63) is 29.8 Å². The summed E-state index contributed by atoms with van der Waals surface area (Å²) in [5, 5.41) is 22.4. The lowest BCUT2D eigenvalue weighted by Gasteiger charge is -2.19. The summed E-state index contributed by atoms with van der Waals surface area (Å²) in [7, 11) is 3.88. The molecule has 5 nitrogen and oxygen atoms in total. The minimum atomic E-state index is -0.940. The van der Waals surface area contributed by atoms with Gasteiger partial charge in [-0.05, 0) is 24.1 Å². The largest absolute Gasteiger partial charge is 0.390 e. The molecular formula is C14H22N2O3. The summed E-state index contributed by atoms with van der Waals surface area (Å²) >= 11 is 0. The van der Waals surface area contributed by atoms with Gasteiger partial charge in [0.05, 0.1) is 6.10 Å². The zero-order valence-electron chi connectivity index (χ0n) is 11.6. The monoisotopic (exact) mass is 266 g/mol. The van der Waals surface area contributed by atoms with Crippen molar-refractivity contribution in [1.82, 2.24) is 5.32 Å². The highest BCUT2D eigenvalue weighted by atomic mass is 16.3. The number of anilines is 1. The van der Waals surface area contributed by atoms with Crippen molar-refractivity contribution in [2.24, 2.45) is 0 Å². The van der Waals surface area contributed by atoms with Crippen LogP contribution in [0, 0.1) is 0 Å². The number of nitrogens with zero attached hydrogens (tertiary/aromatic N) is 1. The van der Waals surface area contributed by atoms with Crippen molar-refractivity contribution < 1.29 is 15.0 Å². The third-order valence-corrected chi connectivity index (χ3v) is 2.93. The van der Waals surface area contributed by atoms with Crippen LogP contribution in [-0.4, -0.2) is 42.9 Å². The van der Waals surface area contributed by atoms with Crippen LogP contribution >= 0.6 is 0 Å². The third-order valence-electron chi connectivity index (χ3n) is 2.93. The average Bonchev–Trinajstić information content (AvgIpc) is 2.37. The van der Waals surface area contributed by atoms with Gasteiger partial charge in [0.1, 0.15) is 6.10 Å². The van der Waals surface area contributed by atoms with E-state index in [0.717, 1.165) is 5.69 Å². The van der Waals surface area contributed by atoms with Gasteiger partial charge in [-0.1, -0.05) is 12.1 Å². The second-order valence-electron chi connectivity index (χ2n) is 4.77. The number of carbonyl (C=O) groups excluding carboxylic acids is 1. The fourth-order valence-corrected chi connectivity index (χ4v) is 1.75. The maximum absolute atomic E-state index is 10.7. The van der Waals surface area contributed by atoms with E-state index in [1.165, 1.54) is 6.92 Å². The molecule has 19 heavy (non-hydrogen) atoms. The first kappa shape index (κ1) is 15.5. The lowest BCUT2D eigenvalue weighted by Crippen LogP contribution is -2.27. The summed E-state index contributed by atoms with van der Waals surface area (Å²) in [6.45, 7) is 1.77. The molecule has 0 bridgehead atoms. The van der Waals surface area contributed by atoms with E-state index in [-0.39, 0.29) is 5.91 Å². The number of aliphatic hydroxyl groups is 2. The minimum absolute atomic E-state index is 0.142. The van der Waals surface area contributed by atoms with Gasteiger partial charge in [-0.3, -0.25) is 4.79 Å².